The molecule has 2 heterocycles. The van der Waals surface area contributed by atoms with E-state index in [1.54, 1.807) is 0 Å². The lowest BCUT2D eigenvalue weighted by Crippen LogP contribution is -2.51. The lowest BCUT2D eigenvalue weighted by atomic mass is 9.72. The first-order valence-corrected chi connectivity index (χ1v) is 8.48. The van der Waals surface area contributed by atoms with Gasteiger partial charge in [-0.25, -0.2) is 0 Å². The molecular weight excluding hydrogens is 302 g/mol. The summed E-state index contributed by atoms with van der Waals surface area (Å²) >= 11 is 0. The minimum Gasteiger partial charge on any atom is -0.361 e. The van der Waals surface area contributed by atoms with Gasteiger partial charge in [0.25, 0.3) is 0 Å². The van der Waals surface area contributed by atoms with E-state index in [2.05, 4.69) is 22.6 Å². The number of aryl methyl sites for hydroxylation is 2. The first-order chi connectivity index (χ1) is 11.5. The van der Waals surface area contributed by atoms with Gasteiger partial charge in [0.2, 0.25) is 5.91 Å². The number of carbonyl (C=O) groups is 1. The van der Waals surface area contributed by atoms with E-state index in [4.69, 9.17) is 4.52 Å². The number of piperidine rings is 1. The Bertz CT molecular complexity index is 683. The van der Waals surface area contributed by atoms with Crippen LogP contribution in [0.15, 0.2) is 34.9 Å². The van der Waals surface area contributed by atoms with Crippen molar-refractivity contribution >= 4 is 5.91 Å². The SMILES string of the molecule is Cc1noc(C)c1CN(C)C(=O)C1(c2ccccc2)CCNCC1. The molecule has 0 unspecified atom stereocenters. The maximum Gasteiger partial charge on any atom is 0.233 e. The smallest absolute Gasteiger partial charge is 0.233 e. The molecule has 0 aliphatic carbocycles. The molecule has 1 aliphatic rings. The lowest BCUT2D eigenvalue weighted by molar-refractivity contribution is -0.137. The van der Waals surface area contributed by atoms with E-state index in [1.807, 2.05) is 44.0 Å². The standard InChI is InChI=1S/C19H25N3O2/c1-14-17(15(2)24-21-14)13-22(3)18(23)19(9-11-20-12-10-19)16-7-5-4-6-8-16/h4-8,20H,9-13H2,1-3H3. The summed E-state index contributed by atoms with van der Waals surface area (Å²) in [6.45, 7) is 6.06. The van der Waals surface area contributed by atoms with E-state index < -0.39 is 5.41 Å². The molecule has 0 atom stereocenters. The third-order valence-corrected chi connectivity index (χ3v) is 5.12. The Kier molecular flexibility index (Phi) is 4.71. The number of likely N-dealkylation sites (N-methyl/N-ethyl adjacent to an activating group) is 1. The predicted molar refractivity (Wildman–Crippen MR) is 92.7 cm³/mol. The number of nitrogens with one attached hydrogen (secondary N) is 1. The number of hydrogen-bond donors (Lipinski definition) is 1. The average molecular weight is 327 g/mol. The van der Waals surface area contributed by atoms with E-state index >= 15 is 0 Å². The molecule has 1 aromatic carbocycles. The second-order valence-electron chi connectivity index (χ2n) is 6.66. The highest BCUT2D eigenvalue weighted by Crippen LogP contribution is 2.35. The minimum absolute atomic E-state index is 0.176. The van der Waals surface area contributed by atoms with Gasteiger partial charge in [-0.2, -0.15) is 0 Å². The zero-order chi connectivity index (χ0) is 17.2. The van der Waals surface area contributed by atoms with E-state index in [-0.39, 0.29) is 5.91 Å². The van der Waals surface area contributed by atoms with Gasteiger partial charge in [0.05, 0.1) is 17.7 Å². The van der Waals surface area contributed by atoms with Crippen molar-refractivity contribution in [1.82, 2.24) is 15.4 Å². The summed E-state index contributed by atoms with van der Waals surface area (Å²) in [5.41, 5.74) is 2.52. The van der Waals surface area contributed by atoms with Gasteiger partial charge in [0.1, 0.15) is 5.76 Å². The van der Waals surface area contributed by atoms with Gasteiger partial charge in [-0.3, -0.25) is 4.79 Å². The van der Waals surface area contributed by atoms with Crippen LogP contribution in [-0.2, 0) is 16.8 Å². The molecule has 3 rings (SSSR count). The number of carbonyl (C=O) groups excluding carboxylic acids is 1. The van der Waals surface area contributed by atoms with Crippen LogP contribution in [0.5, 0.6) is 0 Å². The van der Waals surface area contributed by atoms with Crippen LogP contribution in [0.3, 0.4) is 0 Å². The van der Waals surface area contributed by atoms with Crippen molar-refractivity contribution in [3.05, 3.63) is 52.9 Å². The van der Waals surface area contributed by atoms with E-state index in [1.165, 1.54) is 0 Å². The lowest BCUT2D eigenvalue weighted by Gasteiger charge is -2.39. The van der Waals surface area contributed by atoms with Gasteiger partial charge in [-0.1, -0.05) is 35.5 Å². The number of aromatic nitrogens is 1. The number of amides is 1. The Balaban J connectivity index is 1.89. The van der Waals surface area contributed by atoms with E-state index in [0.717, 1.165) is 48.5 Å². The summed E-state index contributed by atoms with van der Waals surface area (Å²) < 4.78 is 5.23. The molecule has 1 amide bonds. The fourth-order valence-corrected chi connectivity index (χ4v) is 3.64. The van der Waals surface area contributed by atoms with Crippen LogP contribution >= 0.6 is 0 Å². The van der Waals surface area contributed by atoms with Crippen molar-refractivity contribution in [3.63, 3.8) is 0 Å². The van der Waals surface area contributed by atoms with Crippen LogP contribution < -0.4 is 5.32 Å². The monoisotopic (exact) mass is 327 g/mol. The molecule has 0 saturated carbocycles. The predicted octanol–water partition coefficient (Wildman–Crippen LogP) is 2.57. The Morgan fingerprint density at radius 2 is 1.92 bits per heavy atom. The van der Waals surface area contributed by atoms with Crippen LogP contribution in [0.25, 0.3) is 0 Å². The van der Waals surface area contributed by atoms with Crippen molar-refractivity contribution in [3.8, 4) is 0 Å². The third kappa shape index (κ3) is 2.96. The van der Waals surface area contributed by atoms with Gasteiger partial charge in [0.15, 0.2) is 0 Å². The summed E-state index contributed by atoms with van der Waals surface area (Å²) in [6, 6.07) is 10.2. The molecule has 1 aromatic heterocycles. The second kappa shape index (κ2) is 6.77. The highest BCUT2D eigenvalue weighted by molar-refractivity contribution is 5.88. The van der Waals surface area contributed by atoms with Gasteiger partial charge in [0, 0.05) is 12.6 Å². The van der Waals surface area contributed by atoms with Crippen molar-refractivity contribution in [2.24, 2.45) is 0 Å². The van der Waals surface area contributed by atoms with Crippen LogP contribution in [0, 0.1) is 13.8 Å². The van der Waals surface area contributed by atoms with Gasteiger partial charge in [-0.05, 0) is 45.3 Å². The van der Waals surface area contributed by atoms with Gasteiger partial charge < -0.3 is 14.7 Å². The zero-order valence-corrected chi connectivity index (χ0v) is 14.6. The van der Waals surface area contributed by atoms with E-state index in [9.17, 15) is 4.79 Å². The Morgan fingerprint density at radius 3 is 2.50 bits per heavy atom. The average Bonchev–Trinajstić information content (AvgIpc) is 2.94. The fraction of sp³-hybridized carbons (Fsp3) is 0.474. The normalized spacial score (nSPS) is 16.8. The van der Waals surface area contributed by atoms with Crippen LogP contribution in [-0.4, -0.2) is 36.1 Å². The number of nitrogens with zero attached hydrogens (tertiary/aromatic N) is 2. The number of benzene rings is 1. The summed E-state index contributed by atoms with van der Waals surface area (Å²) in [6.07, 6.45) is 1.64. The maximum atomic E-state index is 13.4. The van der Waals surface area contributed by atoms with Crippen LogP contribution in [0.2, 0.25) is 0 Å². The molecule has 128 valence electrons. The third-order valence-electron chi connectivity index (χ3n) is 5.12. The molecular formula is C19H25N3O2. The molecule has 0 radical (unpaired) electrons. The quantitative estimate of drug-likeness (QED) is 0.938. The molecule has 2 aromatic rings. The minimum atomic E-state index is -0.444. The highest BCUT2D eigenvalue weighted by atomic mass is 16.5. The van der Waals surface area contributed by atoms with Crippen molar-refractivity contribution in [2.45, 2.75) is 38.6 Å². The molecule has 1 fully saturated rings. The van der Waals surface area contributed by atoms with E-state index in [0.29, 0.717) is 6.54 Å². The van der Waals surface area contributed by atoms with Gasteiger partial charge >= 0.3 is 0 Å². The summed E-state index contributed by atoms with van der Waals surface area (Å²) in [7, 11) is 1.88. The molecule has 1 aliphatic heterocycles. The topological polar surface area (TPSA) is 58.4 Å². The summed E-state index contributed by atoms with van der Waals surface area (Å²) in [5, 5.41) is 7.36. The molecule has 24 heavy (non-hydrogen) atoms. The largest absolute Gasteiger partial charge is 0.361 e. The maximum absolute atomic E-state index is 13.4. The molecule has 5 heteroatoms. The number of rotatable bonds is 4. The summed E-state index contributed by atoms with van der Waals surface area (Å²) in [5.74, 6) is 0.960. The highest BCUT2D eigenvalue weighted by Gasteiger charge is 2.42. The Morgan fingerprint density at radius 1 is 1.25 bits per heavy atom. The van der Waals surface area contributed by atoms with Gasteiger partial charge in [-0.15, -0.1) is 0 Å². The molecule has 1 saturated heterocycles. The van der Waals surface area contributed by atoms with Crippen molar-refractivity contribution in [1.29, 1.82) is 0 Å². The number of hydrogen-bond acceptors (Lipinski definition) is 4. The molecule has 5 nitrogen and oxygen atoms in total. The first-order valence-electron chi connectivity index (χ1n) is 8.48. The zero-order valence-electron chi connectivity index (χ0n) is 14.6. The summed E-state index contributed by atoms with van der Waals surface area (Å²) in [4.78, 5) is 15.2. The van der Waals surface area contributed by atoms with Crippen LogP contribution in [0.4, 0.5) is 0 Å². The second-order valence-corrected chi connectivity index (χ2v) is 6.66. The van der Waals surface area contributed by atoms with Crippen LogP contribution in [0.1, 0.15) is 35.4 Å². The molecule has 1 N–H and O–H groups in total. The fourth-order valence-electron chi connectivity index (χ4n) is 3.64. The Labute approximate surface area is 143 Å². The van der Waals surface area contributed by atoms with Crippen molar-refractivity contribution in [2.75, 3.05) is 20.1 Å². The molecule has 0 spiro atoms. The van der Waals surface area contributed by atoms with Crippen molar-refractivity contribution < 1.29 is 9.32 Å². The Hall–Kier alpha value is -2.14. The first kappa shape index (κ1) is 16.7. The molecule has 0 bridgehead atoms.